The predicted octanol–water partition coefficient (Wildman–Crippen LogP) is 1.39. The minimum atomic E-state index is -3.22. The normalized spacial score (nSPS) is 15.5. The van der Waals surface area contributed by atoms with Crippen molar-refractivity contribution in [1.29, 1.82) is 0 Å². The number of carbonyl (C=O) groups excluding carboxylic acids is 1. The lowest BCUT2D eigenvalue weighted by atomic mass is 10.3. The van der Waals surface area contributed by atoms with Crippen molar-refractivity contribution in [2.24, 2.45) is 0 Å². The number of hydrogen-bond acceptors (Lipinski definition) is 4. The maximum atomic E-state index is 12.0. The summed E-state index contributed by atoms with van der Waals surface area (Å²) >= 11 is 0. The van der Waals surface area contributed by atoms with Gasteiger partial charge in [-0.05, 0) is 31.4 Å². The van der Waals surface area contributed by atoms with E-state index in [2.05, 4.69) is 5.32 Å². The van der Waals surface area contributed by atoms with E-state index in [0.29, 0.717) is 32.5 Å². The molecule has 1 aliphatic heterocycles. The van der Waals surface area contributed by atoms with E-state index in [1.54, 1.807) is 0 Å². The van der Waals surface area contributed by atoms with Crippen LogP contribution in [-0.2, 0) is 14.8 Å². The van der Waals surface area contributed by atoms with Crippen molar-refractivity contribution in [3.05, 3.63) is 30.3 Å². The Morgan fingerprint density at radius 3 is 2.57 bits per heavy atom. The fourth-order valence-corrected chi connectivity index (χ4v) is 3.88. The zero-order valence-electron chi connectivity index (χ0n) is 13.2. The number of rotatable bonds is 9. The van der Waals surface area contributed by atoms with Gasteiger partial charge in [-0.25, -0.2) is 12.7 Å². The molecule has 1 saturated heterocycles. The van der Waals surface area contributed by atoms with Crippen molar-refractivity contribution in [2.75, 3.05) is 32.0 Å². The smallest absolute Gasteiger partial charge is 0.220 e. The highest BCUT2D eigenvalue weighted by molar-refractivity contribution is 7.89. The molecule has 128 valence electrons. The summed E-state index contributed by atoms with van der Waals surface area (Å²) in [6, 6.07) is 9.43. The van der Waals surface area contributed by atoms with Gasteiger partial charge in [0.05, 0.1) is 12.4 Å². The zero-order chi connectivity index (χ0) is 16.5. The van der Waals surface area contributed by atoms with Gasteiger partial charge in [0.25, 0.3) is 0 Å². The molecule has 0 aromatic heterocycles. The molecule has 0 saturated carbocycles. The van der Waals surface area contributed by atoms with Gasteiger partial charge in [-0.15, -0.1) is 0 Å². The molecule has 6 nitrogen and oxygen atoms in total. The van der Waals surface area contributed by atoms with Gasteiger partial charge in [0.15, 0.2) is 0 Å². The van der Waals surface area contributed by atoms with Gasteiger partial charge in [0, 0.05) is 26.1 Å². The highest BCUT2D eigenvalue weighted by Gasteiger charge is 2.24. The molecule has 1 N–H and O–H groups in total. The Kier molecular flexibility index (Phi) is 6.85. The van der Waals surface area contributed by atoms with E-state index >= 15 is 0 Å². The number of nitrogens with one attached hydrogen (secondary N) is 1. The molecular weight excluding hydrogens is 316 g/mol. The van der Waals surface area contributed by atoms with E-state index in [-0.39, 0.29) is 18.2 Å². The van der Waals surface area contributed by atoms with Gasteiger partial charge in [-0.1, -0.05) is 18.2 Å². The standard InChI is InChI=1S/C16H24N2O4S/c19-16(9-6-13-22-15-7-2-1-3-8-15)17-10-14-23(20,21)18-11-4-5-12-18/h1-3,7-8H,4-6,9-14H2,(H,17,19). The average molecular weight is 340 g/mol. The summed E-state index contributed by atoms with van der Waals surface area (Å²) in [6.07, 6.45) is 2.77. The molecule has 1 aromatic rings. The van der Waals surface area contributed by atoms with Crippen LogP contribution in [-0.4, -0.2) is 50.6 Å². The number of sulfonamides is 1. The van der Waals surface area contributed by atoms with Gasteiger partial charge in [-0.2, -0.15) is 0 Å². The van der Waals surface area contributed by atoms with Gasteiger partial charge in [0.1, 0.15) is 5.75 Å². The number of amides is 1. The topological polar surface area (TPSA) is 75.7 Å². The number of ether oxygens (including phenoxy) is 1. The third kappa shape index (κ3) is 6.19. The van der Waals surface area contributed by atoms with E-state index in [9.17, 15) is 13.2 Å². The fourth-order valence-electron chi connectivity index (χ4n) is 2.44. The number of hydrogen-bond donors (Lipinski definition) is 1. The van der Waals surface area contributed by atoms with Crippen molar-refractivity contribution in [3.63, 3.8) is 0 Å². The summed E-state index contributed by atoms with van der Waals surface area (Å²) in [5.41, 5.74) is 0. The van der Waals surface area contributed by atoms with Crippen LogP contribution in [0.4, 0.5) is 0 Å². The molecule has 2 rings (SSSR count). The monoisotopic (exact) mass is 340 g/mol. The lowest BCUT2D eigenvalue weighted by molar-refractivity contribution is -0.121. The second kappa shape index (κ2) is 8.88. The molecule has 1 aliphatic rings. The summed E-state index contributed by atoms with van der Waals surface area (Å²) in [5.74, 6) is 0.613. The van der Waals surface area contributed by atoms with E-state index < -0.39 is 10.0 Å². The molecule has 0 radical (unpaired) electrons. The van der Waals surface area contributed by atoms with Crippen LogP contribution in [0.1, 0.15) is 25.7 Å². The third-order valence-electron chi connectivity index (χ3n) is 3.70. The fraction of sp³-hybridized carbons (Fsp3) is 0.562. The molecular formula is C16H24N2O4S. The molecule has 0 bridgehead atoms. The molecule has 1 heterocycles. The summed E-state index contributed by atoms with van der Waals surface area (Å²) in [7, 11) is -3.22. The SMILES string of the molecule is O=C(CCCOc1ccccc1)NCCS(=O)(=O)N1CCCC1. The molecule has 0 atom stereocenters. The number of para-hydroxylation sites is 1. The van der Waals surface area contributed by atoms with Crippen LogP contribution >= 0.6 is 0 Å². The minimum absolute atomic E-state index is 0.0285. The molecule has 0 aliphatic carbocycles. The molecule has 0 unspecified atom stereocenters. The van der Waals surface area contributed by atoms with Crippen LogP contribution in [0.3, 0.4) is 0 Å². The van der Waals surface area contributed by atoms with E-state index in [1.165, 1.54) is 4.31 Å². The first-order chi connectivity index (χ1) is 11.1. The molecule has 23 heavy (non-hydrogen) atoms. The van der Waals surface area contributed by atoms with Crippen molar-refractivity contribution >= 4 is 15.9 Å². The Morgan fingerprint density at radius 2 is 1.87 bits per heavy atom. The first-order valence-electron chi connectivity index (χ1n) is 8.00. The molecule has 1 amide bonds. The molecule has 1 aromatic carbocycles. The van der Waals surface area contributed by atoms with Crippen molar-refractivity contribution in [3.8, 4) is 5.75 Å². The lowest BCUT2D eigenvalue weighted by Crippen LogP contribution is -2.36. The maximum Gasteiger partial charge on any atom is 0.220 e. The van der Waals surface area contributed by atoms with Crippen LogP contribution < -0.4 is 10.1 Å². The van der Waals surface area contributed by atoms with Crippen molar-refractivity contribution < 1.29 is 17.9 Å². The Morgan fingerprint density at radius 1 is 1.17 bits per heavy atom. The van der Waals surface area contributed by atoms with Crippen LogP contribution in [0.25, 0.3) is 0 Å². The van der Waals surface area contributed by atoms with E-state index in [0.717, 1.165) is 18.6 Å². The Balaban J connectivity index is 1.56. The first-order valence-corrected chi connectivity index (χ1v) is 9.61. The second-order valence-electron chi connectivity index (χ2n) is 5.54. The number of carbonyl (C=O) groups is 1. The Bertz CT molecular complexity index is 583. The highest BCUT2D eigenvalue weighted by atomic mass is 32.2. The summed E-state index contributed by atoms with van der Waals surface area (Å²) < 4.78 is 31.0. The quantitative estimate of drug-likeness (QED) is 0.689. The predicted molar refractivity (Wildman–Crippen MR) is 88.8 cm³/mol. The third-order valence-corrected chi connectivity index (χ3v) is 5.57. The largest absolute Gasteiger partial charge is 0.494 e. The highest BCUT2D eigenvalue weighted by Crippen LogP contribution is 2.12. The molecule has 7 heteroatoms. The van der Waals surface area contributed by atoms with Gasteiger partial charge < -0.3 is 10.1 Å². The van der Waals surface area contributed by atoms with Gasteiger partial charge >= 0.3 is 0 Å². The van der Waals surface area contributed by atoms with Crippen molar-refractivity contribution in [2.45, 2.75) is 25.7 Å². The maximum absolute atomic E-state index is 12.0. The Labute approximate surface area is 137 Å². The van der Waals surface area contributed by atoms with Gasteiger partial charge in [0.2, 0.25) is 15.9 Å². The first kappa shape index (κ1) is 17.7. The second-order valence-corrected chi connectivity index (χ2v) is 7.63. The molecule has 1 fully saturated rings. The van der Waals surface area contributed by atoms with Crippen LogP contribution in [0.5, 0.6) is 5.75 Å². The van der Waals surface area contributed by atoms with Crippen LogP contribution in [0, 0.1) is 0 Å². The van der Waals surface area contributed by atoms with Crippen LogP contribution in [0.15, 0.2) is 30.3 Å². The summed E-state index contributed by atoms with van der Waals surface area (Å²) in [5, 5.41) is 2.66. The zero-order valence-corrected chi connectivity index (χ0v) is 14.1. The van der Waals surface area contributed by atoms with E-state index in [4.69, 9.17) is 4.74 Å². The summed E-state index contributed by atoms with van der Waals surface area (Å²) in [6.45, 7) is 1.83. The average Bonchev–Trinajstić information content (AvgIpc) is 3.08. The van der Waals surface area contributed by atoms with Crippen LogP contribution in [0.2, 0.25) is 0 Å². The number of nitrogens with zero attached hydrogens (tertiary/aromatic N) is 1. The molecule has 0 spiro atoms. The van der Waals surface area contributed by atoms with Gasteiger partial charge in [-0.3, -0.25) is 4.79 Å². The van der Waals surface area contributed by atoms with E-state index in [1.807, 2.05) is 30.3 Å². The lowest BCUT2D eigenvalue weighted by Gasteiger charge is -2.15. The summed E-state index contributed by atoms with van der Waals surface area (Å²) in [4.78, 5) is 11.7. The van der Waals surface area contributed by atoms with Crippen molar-refractivity contribution in [1.82, 2.24) is 9.62 Å². The minimum Gasteiger partial charge on any atom is -0.494 e. The number of benzene rings is 1. The Hall–Kier alpha value is -1.60.